The van der Waals surface area contributed by atoms with Gasteiger partial charge in [0.2, 0.25) is 0 Å². The fraction of sp³-hybridized carbons (Fsp3) is 0.143. The predicted molar refractivity (Wildman–Crippen MR) is 62.6 cm³/mol. The molecular weight excluding hydrogens is 198 g/mol. The van der Waals surface area contributed by atoms with E-state index in [9.17, 15) is 0 Å². The molecule has 1 aromatic heterocycles. The van der Waals surface area contributed by atoms with E-state index in [1.165, 1.54) is 5.56 Å². The second-order valence-corrected chi connectivity index (χ2v) is 3.86. The van der Waals surface area contributed by atoms with Gasteiger partial charge in [-0.05, 0) is 24.1 Å². The van der Waals surface area contributed by atoms with Crippen LogP contribution in [0.1, 0.15) is 16.7 Å². The molecule has 2 rings (SSSR count). The first-order chi connectivity index (χ1) is 7.78. The highest BCUT2D eigenvalue weighted by atomic mass is 16.3. The van der Waals surface area contributed by atoms with Crippen molar-refractivity contribution in [2.45, 2.75) is 13.2 Å². The van der Waals surface area contributed by atoms with E-state index in [0.717, 1.165) is 17.7 Å². The van der Waals surface area contributed by atoms with Gasteiger partial charge in [-0.3, -0.25) is 0 Å². The van der Waals surface area contributed by atoms with Crippen LogP contribution in [-0.2, 0) is 13.2 Å². The number of aromatic nitrogens is 1. The average molecular weight is 213 g/mol. The van der Waals surface area contributed by atoms with Crippen molar-refractivity contribution >= 4 is 0 Å². The molecule has 16 heavy (non-hydrogen) atoms. The maximum absolute atomic E-state index is 8.94. The molecule has 0 aliphatic rings. The summed E-state index contributed by atoms with van der Waals surface area (Å²) in [4.78, 5) is 0. The number of nitrogens with zero attached hydrogens (tertiary/aromatic N) is 1. The van der Waals surface area contributed by atoms with Crippen molar-refractivity contribution in [3.8, 4) is 0 Å². The summed E-state index contributed by atoms with van der Waals surface area (Å²) in [5.74, 6) is 0. The molecule has 0 saturated heterocycles. The fourth-order valence-corrected chi connectivity index (χ4v) is 1.64. The number of aliphatic hydroxyl groups excluding tert-OH is 1. The zero-order valence-electron chi connectivity index (χ0n) is 9.13. The van der Waals surface area contributed by atoms with Crippen LogP contribution in [0, 0.1) is 6.92 Å². The zero-order chi connectivity index (χ0) is 11.4. The van der Waals surface area contributed by atoms with Gasteiger partial charge in [0.05, 0.1) is 6.61 Å². The molecule has 2 heteroatoms. The number of hydrogen-bond acceptors (Lipinski definition) is 1. The number of pyridine rings is 1. The van der Waals surface area contributed by atoms with Gasteiger partial charge in [0, 0.05) is 17.7 Å². The minimum Gasteiger partial charge on any atom is -0.392 e. The van der Waals surface area contributed by atoms with Gasteiger partial charge in [0.25, 0.3) is 0 Å². The van der Waals surface area contributed by atoms with Crippen molar-refractivity contribution in [2.24, 2.45) is 0 Å². The second-order valence-electron chi connectivity index (χ2n) is 3.86. The summed E-state index contributed by atoms with van der Waals surface area (Å²) in [6, 6.07) is 12.0. The van der Waals surface area contributed by atoms with Crippen molar-refractivity contribution in [3.63, 3.8) is 0 Å². The average Bonchev–Trinajstić information content (AvgIpc) is 2.30. The molecule has 0 unspecified atom stereocenters. The van der Waals surface area contributed by atoms with Crippen LogP contribution in [0.25, 0.3) is 0 Å². The van der Waals surface area contributed by atoms with Crippen LogP contribution in [0.5, 0.6) is 0 Å². The van der Waals surface area contributed by atoms with E-state index >= 15 is 0 Å². The summed E-state index contributed by atoms with van der Waals surface area (Å²) in [6.45, 7) is 4.83. The maximum atomic E-state index is 8.94. The number of benzene rings is 1. The Balaban J connectivity index is 2.14. The Morgan fingerprint density at radius 3 is 2.44 bits per heavy atom. The van der Waals surface area contributed by atoms with Crippen LogP contribution < -0.4 is 4.57 Å². The Hall–Kier alpha value is -1.67. The van der Waals surface area contributed by atoms with Crippen LogP contribution in [0.15, 0.2) is 48.8 Å². The van der Waals surface area contributed by atoms with Gasteiger partial charge in [-0.1, -0.05) is 18.2 Å². The van der Waals surface area contributed by atoms with E-state index in [-0.39, 0.29) is 6.61 Å². The highest BCUT2D eigenvalue weighted by Gasteiger charge is 2.02. The Labute approximate surface area is 95.8 Å². The minimum atomic E-state index is 0.0925. The van der Waals surface area contributed by atoms with E-state index in [2.05, 4.69) is 23.6 Å². The van der Waals surface area contributed by atoms with Crippen molar-refractivity contribution in [2.75, 3.05) is 0 Å². The van der Waals surface area contributed by atoms with E-state index in [1.807, 2.05) is 36.7 Å². The van der Waals surface area contributed by atoms with Crippen LogP contribution in [0.3, 0.4) is 0 Å². The molecule has 2 aromatic rings. The van der Waals surface area contributed by atoms with Gasteiger partial charge in [-0.15, -0.1) is 0 Å². The van der Waals surface area contributed by atoms with Crippen LogP contribution in [-0.4, -0.2) is 5.11 Å². The molecule has 0 aliphatic carbocycles. The first kappa shape index (κ1) is 10.8. The third-order valence-corrected chi connectivity index (χ3v) is 2.50. The molecule has 1 aromatic carbocycles. The fourth-order valence-electron chi connectivity index (χ4n) is 1.64. The van der Waals surface area contributed by atoms with Crippen molar-refractivity contribution < 1.29 is 9.67 Å². The molecule has 2 nitrogen and oxygen atoms in total. The topological polar surface area (TPSA) is 24.1 Å². The standard InChI is InChI=1S/C14H15NO/c1-12-3-2-4-14(9-12)10-15-7-5-13(11-16)6-8-15/h2-9,16H,1,10-11H2/q+1. The molecule has 1 heterocycles. The molecule has 0 bridgehead atoms. The van der Waals surface area contributed by atoms with Gasteiger partial charge in [-0.2, -0.15) is 0 Å². The molecule has 1 radical (unpaired) electrons. The molecule has 0 saturated carbocycles. The third-order valence-electron chi connectivity index (χ3n) is 2.50. The summed E-state index contributed by atoms with van der Waals surface area (Å²) in [7, 11) is 0. The van der Waals surface area contributed by atoms with Gasteiger partial charge < -0.3 is 5.11 Å². The van der Waals surface area contributed by atoms with Crippen LogP contribution >= 0.6 is 0 Å². The molecule has 0 fully saturated rings. The van der Waals surface area contributed by atoms with Crippen LogP contribution in [0.4, 0.5) is 0 Å². The Morgan fingerprint density at radius 2 is 1.81 bits per heavy atom. The molecule has 81 valence electrons. The Morgan fingerprint density at radius 1 is 1.06 bits per heavy atom. The summed E-state index contributed by atoms with van der Waals surface area (Å²) in [6.07, 6.45) is 3.95. The first-order valence-corrected chi connectivity index (χ1v) is 5.27. The second kappa shape index (κ2) is 4.90. The van der Waals surface area contributed by atoms with E-state index in [1.54, 1.807) is 0 Å². The van der Waals surface area contributed by atoms with Gasteiger partial charge in [-0.25, -0.2) is 4.57 Å². The summed E-state index contributed by atoms with van der Waals surface area (Å²) < 4.78 is 2.08. The molecule has 1 N–H and O–H groups in total. The molecule has 0 amide bonds. The molecular formula is C14H15NO+. The third kappa shape index (κ3) is 2.67. The van der Waals surface area contributed by atoms with Crippen molar-refractivity contribution in [3.05, 3.63) is 72.4 Å². The summed E-state index contributed by atoms with van der Waals surface area (Å²) >= 11 is 0. The lowest BCUT2D eigenvalue weighted by Gasteiger charge is -2.00. The summed E-state index contributed by atoms with van der Waals surface area (Å²) in [5, 5.41) is 8.94. The normalized spacial score (nSPS) is 10.4. The lowest BCUT2D eigenvalue weighted by Crippen LogP contribution is -2.33. The largest absolute Gasteiger partial charge is 0.392 e. The monoisotopic (exact) mass is 213 g/mol. The minimum absolute atomic E-state index is 0.0925. The first-order valence-electron chi connectivity index (χ1n) is 5.27. The molecule has 0 aliphatic heterocycles. The lowest BCUT2D eigenvalue weighted by atomic mass is 10.1. The van der Waals surface area contributed by atoms with Gasteiger partial charge in [0.1, 0.15) is 0 Å². The number of rotatable bonds is 3. The SMILES string of the molecule is [CH2]c1cccc(C[n+]2ccc(CO)cc2)c1. The lowest BCUT2D eigenvalue weighted by molar-refractivity contribution is -0.688. The maximum Gasteiger partial charge on any atom is 0.173 e. The smallest absolute Gasteiger partial charge is 0.173 e. The summed E-state index contributed by atoms with van der Waals surface area (Å²) in [5.41, 5.74) is 3.20. The van der Waals surface area contributed by atoms with E-state index < -0.39 is 0 Å². The van der Waals surface area contributed by atoms with E-state index in [0.29, 0.717) is 0 Å². The Bertz CT molecular complexity index is 462. The molecule has 0 spiro atoms. The van der Waals surface area contributed by atoms with Crippen molar-refractivity contribution in [1.29, 1.82) is 0 Å². The number of aliphatic hydroxyl groups is 1. The Kier molecular flexibility index (Phi) is 3.32. The predicted octanol–water partition coefficient (Wildman–Crippen LogP) is 1.70. The quantitative estimate of drug-likeness (QED) is 0.771. The zero-order valence-corrected chi connectivity index (χ0v) is 9.13. The van der Waals surface area contributed by atoms with Gasteiger partial charge in [0.15, 0.2) is 18.9 Å². The van der Waals surface area contributed by atoms with Crippen LogP contribution in [0.2, 0.25) is 0 Å². The van der Waals surface area contributed by atoms with E-state index in [4.69, 9.17) is 5.11 Å². The number of hydrogen-bond donors (Lipinski definition) is 1. The van der Waals surface area contributed by atoms with Crippen molar-refractivity contribution in [1.82, 2.24) is 0 Å². The van der Waals surface area contributed by atoms with Gasteiger partial charge >= 0.3 is 0 Å². The highest BCUT2D eigenvalue weighted by Crippen LogP contribution is 2.03. The highest BCUT2D eigenvalue weighted by molar-refractivity contribution is 5.24. The molecule has 0 atom stereocenters.